The summed E-state index contributed by atoms with van der Waals surface area (Å²) in [5.74, 6) is 0.489. The van der Waals surface area contributed by atoms with E-state index in [1.807, 2.05) is 49.4 Å². The monoisotopic (exact) mass is 492 g/mol. The lowest BCUT2D eigenvalue weighted by molar-refractivity contribution is -0.123. The molecule has 0 saturated carbocycles. The van der Waals surface area contributed by atoms with Gasteiger partial charge in [-0.3, -0.25) is 19.3 Å². The van der Waals surface area contributed by atoms with Crippen LogP contribution in [0.2, 0.25) is 0 Å². The molecule has 0 aliphatic carbocycles. The first-order valence-corrected chi connectivity index (χ1v) is 11.8. The molecule has 1 saturated heterocycles. The van der Waals surface area contributed by atoms with Crippen molar-refractivity contribution in [1.29, 1.82) is 0 Å². The summed E-state index contributed by atoms with van der Waals surface area (Å²) in [6.45, 7) is 2.23. The number of nitrogens with two attached hydrogens (primary N) is 1. The molecular formula is C26H24N2O6S. The first kappa shape index (κ1) is 24.2. The van der Waals surface area contributed by atoms with E-state index in [0.29, 0.717) is 34.3 Å². The van der Waals surface area contributed by atoms with Gasteiger partial charge in [0.1, 0.15) is 12.4 Å². The molecule has 35 heavy (non-hydrogen) atoms. The van der Waals surface area contributed by atoms with Gasteiger partial charge in [-0.05, 0) is 53.9 Å². The molecule has 3 aromatic carbocycles. The van der Waals surface area contributed by atoms with Crippen molar-refractivity contribution < 1.29 is 28.6 Å². The Bertz CT molecular complexity index is 1300. The molecule has 0 aromatic heterocycles. The van der Waals surface area contributed by atoms with Crippen LogP contribution in [0.3, 0.4) is 0 Å². The highest BCUT2D eigenvalue weighted by Gasteiger charge is 2.34. The van der Waals surface area contributed by atoms with Gasteiger partial charge in [-0.25, -0.2) is 0 Å². The van der Waals surface area contributed by atoms with Crippen molar-refractivity contribution in [2.24, 2.45) is 5.73 Å². The van der Waals surface area contributed by atoms with Crippen molar-refractivity contribution in [3.63, 3.8) is 0 Å². The number of hydrogen-bond donors (Lipinski definition) is 1. The zero-order valence-electron chi connectivity index (χ0n) is 19.1. The fourth-order valence-electron chi connectivity index (χ4n) is 3.56. The third-order valence-corrected chi connectivity index (χ3v) is 6.04. The number of imide groups is 1. The third-order valence-electron chi connectivity index (χ3n) is 5.13. The molecule has 1 fully saturated rings. The molecule has 9 heteroatoms. The molecule has 2 N–H and O–H groups in total. The Labute approximate surface area is 206 Å². The zero-order valence-corrected chi connectivity index (χ0v) is 19.9. The number of benzene rings is 3. The highest BCUT2D eigenvalue weighted by atomic mass is 32.2. The molecule has 4 rings (SSSR count). The van der Waals surface area contributed by atoms with E-state index in [4.69, 9.17) is 19.9 Å². The van der Waals surface area contributed by atoms with E-state index in [-0.39, 0.29) is 30.9 Å². The lowest BCUT2D eigenvalue weighted by Crippen LogP contribution is -2.32. The number of primary amides is 1. The van der Waals surface area contributed by atoms with Crippen molar-refractivity contribution in [2.75, 3.05) is 26.4 Å². The first-order valence-electron chi connectivity index (χ1n) is 11.0. The van der Waals surface area contributed by atoms with E-state index in [0.717, 1.165) is 22.5 Å². The fraction of sp³-hybridized carbons (Fsp3) is 0.192. The van der Waals surface area contributed by atoms with Crippen molar-refractivity contribution in [3.05, 3.63) is 71.1 Å². The Balaban J connectivity index is 1.43. The maximum Gasteiger partial charge on any atom is 0.293 e. The van der Waals surface area contributed by atoms with Crippen LogP contribution in [0.4, 0.5) is 4.79 Å². The van der Waals surface area contributed by atoms with Crippen LogP contribution in [0.15, 0.2) is 65.6 Å². The van der Waals surface area contributed by atoms with Gasteiger partial charge in [0.15, 0.2) is 18.1 Å². The van der Waals surface area contributed by atoms with E-state index in [9.17, 15) is 14.4 Å². The Hall–Kier alpha value is -3.98. The van der Waals surface area contributed by atoms with Crippen LogP contribution in [0.1, 0.15) is 12.5 Å². The van der Waals surface area contributed by atoms with Crippen LogP contribution in [0.5, 0.6) is 17.2 Å². The van der Waals surface area contributed by atoms with Crippen LogP contribution in [-0.4, -0.2) is 48.3 Å². The molecule has 3 amide bonds. The third kappa shape index (κ3) is 5.75. The molecule has 0 atom stereocenters. The van der Waals surface area contributed by atoms with Crippen LogP contribution < -0.4 is 19.9 Å². The maximum absolute atomic E-state index is 12.9. The highest BCUT2D eigenvalue weighted by Crippen LogP contribution is 2.35. The topological polar surface area (TPSA) is 108 Å². The summed E-state index contributed by atoms with van der Waals surface area (Å²) in [5, 5.41) is 1.67. The zero-order chi connectivity index (χ0) is 24.8. The van der Waals surface area contributed by atoms with Gasteiger partial charge in [0.05, 0.1) is 18.1 Å². The fourth-order valence-corrected chi connectivity index (χ4v) is 4.43. The molecule has 0 bridgehead atoms. The van der Waals surface area contributed by atoms with Gasteiger partial charge >= 0.3 is 0 Å². The molecule has 1 aliphatic heterocycles. The normalized spacial score (nSPS) is 14.5. The van der Waals surface area contributed by atoms with E-state index in [1.54, 1.807) is 24.3 Å². The lowest BCUT2D eigenvalue weighted by atomic mass is 10.1. The smallest absolute Gasteiger partial charge is 0.293 e. The Kier molecular flexibility index (Phi) is 7.57. The summed E-state index contributed by atoms with van der Waals surface area (Å²) < 4.78 is 16.8. The largest absolute Gasteiger partial charge is 0.491 e. The van der Waals surface area contributed by atoms with Gasteiger partial charge in [0, 0.05) is 5.39 Å². The number of hydrogen-bond acceptors (Lipinski definition) is 7. The second-order valence-electron chi connectivity index (χ2n) is 7.55. The van der Waals surface area contributed by atoms with Gasteiger partial charge in [0.2, 0.25) is 0 Å². The van der Waals surface area contributed by atoms with E-state index < -0.39 is 5.91 Å². The molecule has 180 valence electrons. The van der Waals surface area contributed by atoms with Crippen LogP contribution in [-0.2, 0) is 9.59 Å². The number of rotatable bonds is 10. The number of thioether (sulfide) groups is 1. The van der Waals surface area contributed by atoms with Gasteiger partial charge in [0.25, 0.3) is 17.1 Å². The van der Waals surface area contributed by atoms with E-state index >= 15 is 0 Å². The number of carbonyl (C=O) groups excluding carboxylic acids is 3. The second-order valence-corrected chi connectivity index (χ2v) is 8.55. The summed E-state index contributed by atoms with van der Waals surface area (Å²) in [7, 11) is 0. The minimum Gasteiger partial charge on any atom is -0.491 e. The number of fused-ring (bicyclic) bond motifs is 1. The predicted molar refractivity (Wildman–Crippen MR) is 134 cm³/mol. The maximum atomic E-state index is 12.9. The molecule has 1 aliphatic rings. The number of ether oxygens (including phenoxy) is 3. The minimum absolute atomic E-state index is 0.134. The Morgan fingerprint density at radius 3 is 2.57 bits per heavy atom. The summed E-state index contributed by atoms with van der Waals surface area (Å²) in [6, 6.07) is 18.6. The lowest BCUT2D eigenvalue weighted by Gasteiger charge is -2.14. The molecule has 1 heterocycles. The number of carbonyl (C=O) groups is 3. The van der Waals surface area contributed by atoms with Crippen LogP contribution in [0.25, 0.3) is 16.8 Å². The van der Waals surface area contributed by atoms with Gasteiger partial charge in [-0.1, -0.05) is 42.5 Å². The molecule has 0 unspecified atom stereocenters. The molecule has 0 radical (unpaired) electrons. The first-order chi connectivity index (χ1) is 17.0. The molecule has 8 nitrogen and oxygen atoms in total. The van der Waals surface area contributed by atoms with Crippen molar-refractivity contribution in [3.8, 4) is 17.2 Å². The summed E-state index contributed by atoms with van der Waals surface area (Å²) in [5.41, 5.74) is 5.79. The van der Waals surface area contributed by atoms with Crippen molar-refractivity contribution in [1.82, 2.24) is 4.90 Å². The summed E-state index contributed by atoms with van der Waals surface area (Å²) >= 11 is 0.873. The highest BCUT2D eigenvalue weighted by molar-refractivity contribution is 8.18. The molecule has 0 spiro atoms. The van der Waals surface area contributed by atoms with E-state index in [2.05, 4.69) is 0 Å². The number of amides is 3. The minimum atomic E-state index is -0.602. The number of nitrogens with zero attached hydrogens (tertiary/aromatic N) is 1. The average Bonchev–Trinajstić information content (AvgIpc) is 3.11. The Morgan fingerprint density at radius 1 is 0.971 bits per heavy atom. The second kappa shape index (κ2) is 11.0. The van der Waals surface area contributed by atoms with Crippen molar-refractivity contribution >= 4 is 45.7 Å². The average molecular weight is 493 g/mol. The van der Waals surface area contributed by atoms with Crippen LogP contribution in [0, 0.1) is 0 Å². The SMILES string of the molecule is CCOc1cc(/C=C2\SC(=O)N(CCOc3cccc4ccccc34)C2=O)ccc1OCC(N)=O. The van der Waals surface area contributed by atoms with Crippen molar-refractivity contribution in [2.45, 2.75) is 6.92 Å². The molecular weight excluding hydrogens is 468 g/mol. The molecule has 3 aromatic rings. The summed E-state index contributed by atoms with van der Waals surface area (Å²) in [4.78, 5) is 37.9. The van der Waals surface area contributed by atoms with Gasteiger partial charge < -0.3 is 19.9 Å². The Morgan fingerprint density at radius 2 is 1.77 bits per heavy atom. The van der Waals surface area contributed by atoms with Crippen LogP contribution >= 0.6 is 11.8 Å². The van der Waals surface area contributed by atoms with Gasteiger partial charge in [-0.2, -0.15) is 0 Å². The van der Waals surface area contributed by atoms with Gasteiger partial charge in [-0.15, -0.1) is 0 Å². The predicted octanol–water partition coefficient (Wildman–Crippen LogP) is 4.22. The summed E-state index contributed by atoms with van der Waals surface area (Å²) in [6.07, 6.45) is 1.62. The van der Waals surface area contributed by atoms with E-state index in [1.165, 1.54) is 4.90 Å². The quantitative estimate of drug-likeness (QED) is 0.422. The standard InChI is InChI=1S/C26H24N2O6S/c1-2-32-22-14-17(10-11-21(22)34-16-24(27)29)15-23-25(30)28(26(31)35-23)12-13-33-20-9-5-7-18-6-3-4-8-19(18)20/h3-11,14-15H,2,12-13,16H2,1H3,(H2,27,29)/b23-15-.